The van der Waals surface area contributed by atoms with E-state index in [1.54, 1.807) is 0 Å². The molecule has 0 saturated heterocycles. The minimum atomic E-state index is -0.268. The van der Waals surface area contributed by atoms with Crippen LogP contribution in [0.5, 0.6) is 0 Å². The normalized spacial score (nSPS) is 12.3. The summed E-state index contributed by atoms with van der Waals surface area (Å²) in [7, 11) is 0. The highest BCUT2D eigenvalue weighted by atomic mass is 16.5. The molecule has 0 amide bonds. The van der Waals surface area contributed by atoms with E-state index in [2.05, 4.69) is 19.2 Å². The summed E-state index contributed by atoms with van der Waals surface area (Å²) in [5.74, 6) is -0.191. The quantitative estimate of drug-likeness (QED) is 0.392. The maximum atomic E-state index is 11.7. The van der Waals surface area contributed by atoms with Crippen LogP contribution in [-0.2, 0) is 19.0 Å². The monoisotopic (exact) mass is 289 g/mol. The van der Waals surface area contributed by atoms with Crippen molar-refractivity contribution in [3.05, 3.63) is 0 Å². The van der Waals surface area contributed by atoms with Crippen molar-refractivity contribution in [3.8, 4) is 0 Å². The summed E-state index contributed by atoms with van der Waals surface area (Å²) in [5, 5.41) is 3.19. The van der Waals surface area contributed by atoms with E-state index in [1.807, 2.05) is 6.92 Å². The van der Waals surface area contributed by atoms with Gasteiger partial charge >= 0.3 is 5.97 Å². The fourth-order valence-corrected chi connectivity index (χ4v) is 1.63. The number of ether oxygens (including phenoxy) is 3. The van der Waals surface area contributed by atoms with Gasteiger partial charge in [-0.2, -0.15) is 0 Å². The van der Waals surface area contributed by atoms with Crippen molar-refractivity contribution in [2.45, 2.75) is 52.5 Å². The molecular weight excluding hydrogens is 258 g/mol. The van der Waals surface area contributed by atoms with Crippen LogP contribution in [0.2, 0.25) is 0 Å². The minimum absolute atomic E-state index is 0.191. The lowest BCUT2D eigenvalue weighted by molar-refractivity contribution is -0.146. The van der Waals surface area contributed by atoms with Gasteiger partial charge in [-0.3, -0.25) is 4.79 Å². The Labute approximate surface area is 123 Å². The first-order valence-electron chi connectivity index (χ1n) is 7.81. The smallest absolute Gasteiger partial charge is 0.323 e. The second kappa shape index (κ2) is 14.8. The molecule has 0 rings (SSSR count). The Morgan fingerprint density at radius 3 is 2.30 bits per heavy atom. The van der Waals surface area contributed by atoms with Gasteiger partial charge in [-0.1, -0.05) is 20.3 Å². The van der Waals surface area contributed by atoms with Crippen LogP contribution in [-0.4, -0.2) is 51.6 Å². The van der Waals surface area contributed by atoms with Crippen molar-refractivity contribution in [1.82, 2.24) is 5.32 Å². The van der Waals surface area contributed by atoms with Crippen LogP contribution in [0.25, 0.3) is 0 Å². The average molecular weight is 289 g/mol. The van der Waals surface area contributed by atoms with E-state index in [0.717, 1.165) is 32.4 Å². The Kier molecular flexibility index (Phi) is 14.3. The number of carbonyl (C=O) groups excluding carboxylic acids is 1. The summed E-state index contributed by atoms with van der Waals surface area (Å²) >= 11 is 0. The molecule has 0 aromatic heterocycles. The molecule has 1 N–H and O–H groups in total. The zero-order valence-corrected chi connectivity index (χ0v) is 13.3. The maximum Gasteiger partial charge on any atom is 0.323 e. The fourth-order valence-electron chi connectivity index (χ4n) is 1.63. The molecule has 0 aromatic carbocycles. The lowest BCUT2D eigenvalue weighted by Crippen LogP contribution is -2.39. The molecule has 1 unspecified atom stereocenters. The third kappa shape index (κ3) is 11.2. The zero-order valence-electron chi connectivity index (χ0n) is 13.3. The lowest BCUT2D eigenvalue weighted by atomic mass is 10.2. The van der Waals surface area contributed by atoms with Gasteiger partial charge in [0.1, 0.15) is 6.04 Å². The molecule has 0 aromatic rings. The van der Waals surface area contributed by atoms with Crippen LogP contribution in [0.3, 0.4) is 0 Å². The SMILES string of the molecule is CCCCOCCOCCC(NCCC)C(=O)OCC. The largest absolute Gasteiger partial charge is 0.465 e. The highest BCUT2D eigenvalue weighted by Gasteiger charge is 2.18. The predicted molar refractivity (Wildman–Crippen MR) is 79.9 cm³/mol. The number of unbranched alkanes of at least 4 members (excludes halogenated alkanes) is 1. The highest BCUT2D eigenvalue weighted by Crippen LogP contribution is 1.98. The standard InChI is InChI=1S/C15H31NO4/c1-4-7-10-18-12-13-19-11-8-14(16-9-5-2)15(17)20-6-3/h14,16H,4-13H2,1-3H3. The molecule has 20 heavy (non-hydrogen) atoms. The van der Waals surface area contributed by atoms with E-state index in [0.29, 0.717) is 32.8 Å². The highest BCUT2D eigenvalue weighted by molar-refractivity contribution is 5.75. The molecule has 0 spiro atoms. The van der Waals surface area contributed by atoms with Gasteiger partial charge in [-0.25, -0.2) is 0 Å². The first-order chi connectivity index (χ1) is 9.76. The van der Waals surface area contributed by atoms with Gasteiger partial charge in [0.2, 0.25) is 0 Å². The van der Waals surface area contributed by atoms with Crippen LogP contribution < -0.4 is 5.32 Å². The molecule has 120 valence electrons. The van der Waals surface area contributed by atoms with Gasteiger partial charge in [-0.05, 0) is 32.7 Å². The van der Waals surface area contributed by atoms with Crippen molar-refractivity contribution in [2.24, 2.45) is 0 Å². The molecule has 0 bridgehead atoms. The summed E-state index contributed by atoms with van der Waals surface area (Å²) in [6, 6.07) is -0.268. The minimum Gasteiger partial charge on any atom is -0.465 e. The van der Waals surface area contributed by atoms with E-state index < -0.39 is 0 Å². The number of hydrogen-bond acceptors (Lipinski definition) is 5. The van der Waals surface area contributed by atoms with Crippen molar-refractivity contribution < 1.29 is 19.0 Å². The van der Waals surface area contributed by atoms with E-state index in [-0.39, 0.29) is 12.0 Å². The second-order valence-electron chi connectivity index (χ2n) is 4.63. The Hall–Kier alpha value is -0.650. The van der Waals surface area contributed by atoms with Crippen LogP contribution in [0.4, 0.5) is 0 Å². The number of hydrogen-bond donors (Lipinski definition) is 1. The van der Waals surface area contributed by atoms with Gasteiger partial charge in [-0.15, -0.1) is 0 Å². The molecule has 1 atom stereocenters. The Morgan fingerprint density at radius 2 is 1.70 bits per heavy atom. The van der Waals surface area contributed by atoms with Crippen LogP contribution >= 0.6 is 0 Å². The van der Waals surface area contributed by atoms with Crippen molar-refractivity contribution in [3.63, 3.8) is 0 Å². The van der Waals surface area contributed by atoms with Crippen molar-refractivity contribution in [1.29, 1.82) is 0 Å². The molecule has 0 aliphatic heterocycles. The molecule has 0 aliphatic rings. The van der Waals surface area contributed by atoms with Gasteiger partial charge in [0.25, 0.3) is 0 Å². The van der Waals surface area contributed by atoms with Crippen LogP contribution in [0, 0.1) is 0 Å². The summed E-state index contributed by atoms with van der Waals surface area (Å²) in [6.45, 7) is 9.77. The molecular formula is C15H31NO4. The van der Waals surface area contributed by atoms with E-state index in [1.165, 1.54) is 0 Å². The van der Waals surface area contributed by atoms with E-state index in [9.17, 15) is 4.79 Å². The molecule has 5 heteroatoms. The van der Waals surface area contributed by atoms with Crippen molar-refractivity contribution >= 4 is 5.97 Å². The summed E-state index contributed by atoms with van der Waals surface area (Å²) in [5.41, 5.74) is 0. The van der Waals surface area contributed by atoms with Gasteiger partial charge < -0.3 is 19.5 Å². The molecule has 5 nitrogen and oxygen atoms in total. The van der Waals surface area contributed by atoms with Crippen molar-refractivity contribution in [2.75, 3.05) is 39.6 Å². The number of nitrogens with one attached hydrogen (secondary N) is 1. The Morgan fingerprint density at radius 1 is 1.00 bits per heavy atom. The fraction of sp³-hybridized carbons (Fsp3) is 0.933. The Balaban J connectivity index is 3.65. The van der Waals surface area contributed by atoms with Gasteiger partial charge in [0.15, 0.2) is 0 Å². The predicted octanol–water partition coefficient (Wildman–Crippen LogP) is 2.14. The number of esters is 1. The average Bonchev–Trinajstić information content (AvgIpc) is 2.45. The summed E-state index contributed by atoms with van der Waals surface area (Å²) < 4.78 is 15.9. The number of carbonyl (C=O) groups is 1. The van der Waals surface area contributed by atoms with E-state index >= 15 is 0 Å². The molecule has 0 radical (unpaired) electrons. The molecule has 0 aliphatic carbocycles. The van der Waals surface area contributed by atoms with Crippen LogP contribution in [0.1, 0.15) is 46.5 Å². The topological polar surface area (TPSA) is 56.8 Å². The Bertz CT molecular complexity index is 224. The first kappa shape index (κ1) is 19.4. The molecule has 0 fully saturated rings. The second-order valence-corrected chi connectivity index (χ2v) is 4.63. The van der Waals surface area contributed by atoms with Crippen LogP contribution in [0.15, 0.2) is 0 Å². The number of rotatable bonds is 14. The summed E-state index contributed by atoms with van der Waals surface area (Å²) in [6.07, 6.45) is 3.85. The zero-order chi connectivity index (χ0) is 15.1. The molecule has 0 saturated carbocycles. The first-order valence-corrected chi connectivity index (χ1v) is 7.81. The maximum absolute atomic E-state index is 11.7. The lowest BCUT2D eigenvalue weighted by Gasteiger charge is -2.16. The van der Waals surface area contributed by atoms with Gasteiger partial charge in [0, 0.05) is 13.2 Å². The third-order valence-electron chi connectivity index (χ3n) is 2.78. The van der Waals surface area contributed by atoms with Gasteiger partial charge in [0.05, 0.1) is 19.8 Å². The van der Waals surface area contributed by atoms with E-state index in [4.69, 9.17) is 14.2 Å². The summed E-state index contributed by atoms with van der Waals surface area (Å²) in [4.78, 5) is 11.7. The molecule has 0 heterocycles. The third-order valence-corrected chi connectivity index (χ3v) is 2.78.